The molecule has 0 fully saturated rings. The molecule has 0 saturated heterocycles. The zero-order chi connectivity index (χ0) is 17.9. The van der Waals surface area contributed by atoms with Crippen molar-refractivity contribution in [1.82, 2.24) is 9.97 Å². The van der Waals surface area contributed by atoms with Crippen LogP contribution in [0.1, 0.15) is 49.8 Å². The second-order valence-corrected chi connectivity index (χ2v) is 6.00. The Labute approximate surface area is 142 Å². The highest BCUT2D eigenvalue weighted by atomic mass is 19.1. The van der Waals surface area contributed by atoms with Crippen molar-refractivity contribution in [2.24, 2.45) is 0 Å². The number of rotatable bonds is 6. The van der Waals surface area contributed by atoms with Gasteiger partial charge in [-0.1, -0.05) is 13.8 Å². The summed E-state index contributed by atoms with van der Waals surface area (Å²) in [6, 6.07) is 4.53. The van der Waals surface area contributed by atoms with E-state index in [9.17, 15) is 4.39 Å². The number of hydrogen-bond donors (Lipinski definition) is 1. The Morgan fingerprint density at radius 3 is 2.21 bits per heavy atom. The van der Waals surface area contributed by atoms with Gasteiger partial charge >= 0.3 is 0 Å². The van der Waals surface area contributed by atoms with E-state index in [0.29, 0.717) is 22.9 Å². The maximum atomic E-state index is 14.4. The van der Waals surface area contributed by atoms with E-state index in [1.807, 2.05) is 33.8 Å². The second kappa shape index (κ2) is 7.47. The smallest absolute Gasteiger partial charge is 0.163 e. The van der Waals surface area contributed by atoms with E-state index in [-0.39, 0.29) is 17.8 Å². The van der Waals surface area contributed by atoms with Gasteiger partial charge < -0.3 is 14.8 Å². The number of anilines is 1. The Balaban J connectivity index is 2.31. The summed E-state index contributed by atoms with van der Waals surface area (Å²) in [5.41, 5.74) is 1.35. The highest BCUT2D eigenvalue weighted by molar-refractivity contribution is 5.47. The third kappa shape index (κ3) is 3.93. The normalized spacial score (nSPS) is 12.2. The number of nitrogens with one attached hydrogen (secondary N) is 1. The van der Waals surface area contributed by atoms with Gasteiger partial charge in [0.25, 0.3) is 0 Å². The minimum absolute atomic E-state index is 0.221. The molecule has 2 rings (SSSR count). The lowest BCUT2D eigenvalue weighted by Crippen LogP contribution is -2.12. The number of halogens is 1. The first-order valence-electron chi connectivity index (χ1n) is 7.89. The van der Waals surface area contributed by atoms with E-state index in [1.165, 1.54) is 20.3 Å². The molecule has 0 bridgehead atoms. The monoisotopic (exact) mass is 333 g/mol. The third-order valence-electron chi connectivity index (χ3n) is 3.72. The Kier molecular flexibility index (Phi) is 5.59. The minimum Gasteiger partial charge on any atom is -0.493 e. The second-order valence-electron chi connectivity index (χ2n) is 6.00. The summed E-state index contributed by atoms with van der Waals surface area (Å²) in [5, 5.41) is 3.24. The number of nitrogens with zero attached hydrogens (tertiary/aromatic N) is 2. The minimum atomic E-state index is -0.359. The highest BCUT2D eigenvalue weighted by Gasteiger charge is 2.17. The third-order valence-corrected chi connectivity index (χ3v) is 3.72. The van der Waals surface area contributed by atoms with Crippen molar-refractivity contribution in [2.45, 2.75) is 39.7 Å². The Hall–Kier alpha value is -2.37. The van der Waals surface area contributed by atoms with Crippen molar-refractivity contribution in [2.75, 3.05) is 19.5 Å². The van der Waals surface area contributed by atoms with Crippen molar-refractivity contribution < 1.29 is 13.9 Å². The molecule has 1 aromatic heterocycles. The van der Waals surface area contributed by atoms with Gasteiger partial charge in [0.15, 0.2) is 11.5 Å². The summed E-state index contributed by atoms with van der Waals surface area (Å²) in [6.07, 6.45) is 0. The van der Waals surface area contributed by atoms with Crippen LogP contribution in [0.15, 0.2) is 18.2 Å². The molecule has 0 amide bonds. The first kappa shape index (κ1) is 18.0. The van der Waals surface area contributed by atoms with E-state index in [4.69, 9.17) is 9.47 Å². The average Bonchev–Trinajstić information content (AvgIpc) is 2.53. The van der Waals surface area contributed by atoms with E-state index in [0.717, 1.165) is 11.5 Å². The summed E-state index contributed by atoms with van der Waals surface area (Å²) in [6.45, 7) is 7.86. The molecular formula is C18H24FN3O2. The van der Waals surface area contributed by atoms with Gasteiger partial charge in [-0.05, 0) is 19.9 Å². The standard InChI is InChI=1S/C18H24FN3O2/c1-10(2)18-20-11(3)7-17(22-18)21-12(4)13-8-15(23-5)16(24-6)9-14(13)19/h7-10,12H,1-6H3,(H,20,21,22). The number of methoxy groups -OCH3 is 2. The molecule has 130 valence electrons. The summed E-state index contributed by atoms with van der Waals surface area (Å²) < 4.78 is 24.8. The van der Waals surface area contributed by atoms with Crippen molar-refractivity contribution in [3.05, 3.63) is 41.1 Å². The lowest BCUT2D eigenvalue weighted by molar-refractivity contribution is 0.351. The number of ether oxygens (including phenoxy) is 2. The van der Waals surface area contributed by atoms with Crippen LogP contribution in [-0.2, 0) is 0 Å². The van der Waals surface area contributed by atoms with Gasteiger partial charge in [-0.2, -0.15) is 0 Å². The van der Waals surface area contributed by atoms with Crippen molar-refractivity contribution in [3.8, 4) is 11.5 Å². The van der Waals surface area contributed by atoms with Gasteiger partial charge in [-0.25, -0.2) is 14.4 Å². The number of hydrogen-bond acceptors (Lipinski definition) is 5. The molecule has 6 heteroatoms. The van der Waals surface area contributed by atoms with Crippen LogP contribution in [0.3, 0.4) is 0 Å². The van der Waals surface area contributed by atoms with Gasteiger partial charge in [-0.3, -0.25) is 0 Å². The summed E-state index contributed by atoms with van der Waals surface area (Å²) in [5.74, 6) is 2.15. The predicted molar refractivity (Wildman–Crippen MR) is 92.4 cm³/mol. The molecule has 24 heavy (non-hydrogen) atoms. The van der Waals surface area contributed by atoms with Gasteiger partial charge in [-0.15, -0.1) is 0 Å². The first-order valence-corrected chi connectivity index (χ1v) is 7.89. The Morgan fingerprint density at radius 1 is 1.00 bits per heavy atom. The maximum absolute atomic E-state index is 14.4. The quantitative estimate of drug-likeness (QED) is 0.857. The Morgan fingerprint density at radius 2 is 1.62 bits per heavy atom. The summed E-state index contributed by atoms with van der Waals surface area (Å²) in [7, 11) is 3.01. The van der Waals surface area contributed by atoms with Crippen molar-refractivity contribution in [3.63, 3.8) is 0 Å². The molecule has 2 aromatic rings. The number of aryl methyl sites for hydroxylation is 1. The van der Waals surface area contributed by atoms with Crippen LogP contribution in [0, 0.1) is 12.7 Å². The van der Waals surface area contributed by atoms with E-state index in [1.54, 1.807) is 6.07 Å². The zero-order valence-corrected chi connectivity index (χ0v) is 15.0. The summed E-state index contributed by atoms with van der Waals surface area (Å²) >= 11 is 0. The zero-order valence-electron chi connectivity index (χ0n) is 15.0. The van der Waals surface area contributed by atoms with Gasteiger partial charge in [0.1, 0.15) is 17.5 Å². The molecule has 1 N–H and O–H groups in total. The van der Waals surface area contributed by atoms with Crippen LogP contribution in [0.5, 0.6) is 11.5 Å². The van der Waals surface area contributed by atoms with Crippen LogP contribution in [0.4, 0.5) is 10.2 Å². The van der Waals surface area contributed by atoms with Crippen LogP contribution in [-0.4, -0.2) is 24.2 Å². The number of aromatic nitrogens is 2. The highest BCUT2D eigenvalue weighted by Crippen LogP contribution is 2.33. The predicted octanol–water partition coefficient (Wildman–Crippen LogP) is 4.24. The molecule has 1 unspecified atom stereocenters. The molecule has 5 nitrogen and oxygen atoms in total. The largest absolute Gasteiger partial charge is 0.493 e. The van der Waals surface area contributed by atoms with Gasteiger partial charge in [0.2, 0.25) is 0 Å². The van der Waals surface area contributed by atoms with Gasteiger partial charge in [0.05, 0.1) is 20.3 Å². The fourth-order valence-electron chi connectivity index (χ4n) is 2.42. The molecule has 0 aliphatic carbocycles. The van der Waals surface area contributed by atoms with Crippen molar-refractivity contribution >= 4 is 5.82 Å². The molecular weight excluding hydrogens is 309 g/mol. The SMILES string of the molecule is COc1cc(F)c(C(C)Nc2cc(C)nc(C(C)C)n2)cc1OC. The lowest BCUT2D eigenvalue weighted by atomic mass is 10.1. The topological polar surface area (TPSA) is 56.3 Å². The molecule has 0 aliphatic rings. The van der Waals surface area contributed by atoms with Crippen LogP contribution < -0.4 is 14.8 Å². The fraction of sp³-hybridized carbons (Fsp3) is 0.444. The first-order chi connectivity index (χ1) is 11.3. The summed E-state index contributed by atoms with van der Waals surface area (Å²) in [4.78, 5) is 8.92. The Bertz CT molecular complexity index is 720. The molecule has 0 aliphatic heterocycles. The van der Waals surface area contributed by atoms with Crippen LogP contribution in [0.2, 0.25) is 0 Å². The molecule has 0 spiro atoms. The lowest BCUT2D eigenvalue weighted by Gasteiger charge is -2.19. The molecule has 0 saturated carbocycles. The maximum Gasteiger partial charge on any atom is 0.163 e. The molecule has 1 aromatic carbocycles. The van der Waals surface area contributed by atoms with Crippen LogP contribution >= 0.6 is 0 Å². The van der Waals surface area contributed by atoms with E-state index < -0.39 is 0 Å². The van der Waals surface area contributed by atoms with E-state index >= 15 is 0 Å². The fourth-order valence-corrected chi connectivity index (χ4v) is 2.42. The van der Waals surface area contributed by atoms with Crippen LogP contribution in [0.25, 0.3) is 0 Å². The molecule has 1 atom stereocenters. The average molecular weight is 333 g/mol. The van der Waals surface area contributed by atoms with E-state index in [2.05, 4.69) is 15.3 Å². The number of benzene rings is 1. The van der Waals surface area contributed by atoms with Crippen molar-refractivity contribution in [1.29, 1.82) is 0 Å². The molecule has 0 radical (unpaired) electrons. The van der Waals surface area contributed by atoms with Gasteiger partial charge in [0, 0.05) is 29.3 Å². The molecule has 1 heterocycles.